The lowest BCUT2D eigenvalue weighted by atomic mass is 10.1. The van der Waals surface area contributed by atoms with Gasteiger partial charge in [-0.05, 0) is 44.5 Å². The van der Waals surface area contributed by atoms with Gasteiger partial charge in [0, 0.05) is 41.5 Å². The van der Waals surface area contributed by atoms with Crippen molar-refractivity contribution in [1.82, 2.24) is 19.9 Å². The number of aromatic amines is 1. The van der Waals surface area contributed by atoms with Crippen LogP contribution in [0.2, 0.25) is 0 Å². The van der Waals surface area contributed by atoms with Gasteiger partial charge in [0.1, 0.15) is 17.8 Å². The van der Waals surface area contributed by atoms with Gasteiger partial charge in [0.25, 0.3) is 0 Å². The number of aryl methyl sites for hydroxylation is 1. The third-order valence-electron chi connectivity index (χ3n) is 5.24. The summed E-state index contributed by atoms with van der Waals surface area (Å²) >= 11 is 3.44. The molecule has 3 aromatic rings. The standard InChI is InChI=1S/C20H23BrN6O/c1-12-8-22-18-17(12)19(24-11-23-18)26-9-14(3)27(10-13(26)2)20(28)25-16-6-4-5-15(21)7-16/h4-8,11,13-14H,9-10H2,1-3H3,(H,25,28)(H,22,23,24). The van der Waals surface area contributed by atoms with E-state index in [0.717, 1.165) is 32.6 Å². The van der Waals surface area contributed by atoms with Crippen molar-refractivity contribution in [2.75, 3.05) is 23.3 Å². The second-order valence-corrected chi connectivity index (χ2v) is 8.25. The first-order chi connectivity index (χ1) is 13.4. The summed E-state index contributed by atoms with van der Waals surface area (Å²) in [6, 6.07) is 7.73. The van der Waals surface area contributed by atoms with E-state index < -0.39 is 0 Å². The van der Waals surface area contributed by atoms with Gasteiger partial charge in [-0.25, -0.2) is 14.8 Å². The van der Waals surface area contributed by atoms with E-state index in [9.17, 15) is 4.79 Å². The summed E-state index contributed by atoms with van der Waals surface area (Å²) in [7, 11) is 0. The fourth-order valence-corrected chi connectivity index (χ4v) is 4.18. The van der Waals surface area contributed by atoms with Gasteiger partial charge in [0.2, 0.25) is 0 Å². The summed E-state index contributed by atoms with van der Waals surface area (Å²) in [5.74, 6) is 0.926. The number of hydrogen-bond donors (Lipinski definition) is 2. The van der Waals surface area contributed by atoms with Crippen LogP contribution in [0, 0.1) is 6.92 Å². The molecule has 2 N–H and O–H groups in total. The Kier molecular flexibility index (Phi) is 4.97. The Labute approximate surface area is 172 Å². The van der Waals surface area contributed by atoms with Crippen LogP contribution in [0.5, 0.6) is 0 Å². The number of hydrogen-bond acceptors (Lipinski definition) is 4. The zero-order valence-corrected chi connectivity index (χ0v) is 17.7. The Morgan fingerprint density at radius 3 is 2.86 bits per heavy atom. The number of nitrogens with zero attached hydrogens (tertiary/aromatic N) is 4. The van der Waals surface area contributed by atoms with Crippen molar-refractivity contribution in [1.29, 1.82) is 0 Å². The molecule has 1 aliphatic heterocycles. The highest BCUT2D eigenvalue weighted by molar-refractivity contribution is 9.10. The highest BCUT2D eigenvalue weighted by Crippen LogP contribution is 2.30. The molecule has 28 heavy (non-hydrogen) atoms. The minimum Gasteiger partial charge on any atom is -0.349 e. The van der Waals surface area contributed by atoms with Crippen LogP contribution in [0.1, 0.15) is 19.4 Å². The smallest absolute Gasteiger partial charge is 0.322 e. The van der Waals surface area contributed by atoms with Crippen LogP contribution in [0.25, 0.3) is 11.0 Å². The molecule has 0 spiro atoms. The molecule has 2 unspecified atom stereocenters. The molecule has 2 atom stereocenters. The predicted octanol–water partition coefficient (Wildman–Crippen LogP) is 4.16. The van der Waals surface area contributed by atoms with Crippen molar-refractivity contribution in [3.8, 4) is 0 Å². The highest BCUT2D eigenvalue weighted by atomic mass is 79.9. The maximum absolute atomic E-state index is 12.9. The summed E-state index contributed by atoms with van der Waals surface area (Å²) in [6.45, 7) is 7.59. The van der Waals surface area contributed by atoms with E-state index in [4.69, 9.17) is 0 Å². The van der Waals surface area contributed by atoms with Crippen LogP contribution in [0.4, 0.5) is 16.3 Å². The molecule has 146 valence electrons. The molecule has 1 fully saturated rings. The van der Waals surface area contributed by atoms with Crippen molar-refractivity contribution in [3.63, 3.8) is 0 Å². The first kappa shape index (κ1) is 18.7. The number of amides is 2. The lowest BCUT2D eigenvalue weighted by Gasteiger charge is -2.44. The number of piperazine rings is 1. The molecule has 0 aliphatic carbocycles. The van der Waals surface area contributed by atoms with Crippen LogP contribution in [0.3, 0.4) is 0 Å². The summed E-state index contributed by atoms with van der Waals surface area (Å²) in [4.78, 5) is 29.1. The molecule has 1 aromatic carbocycles. The second kappa shape index (κ2) is 7.43. The third-order valence-corrected chi connectivity index (χ3v) is 5.74. The van der Waals surface area contributed by atoms with Crippen molar-refractivity contribution >= 4 is 44.5 Å². The van der Waals surface area contributed by atoms with Gasteiger partial charge >= 0.3 is 6.03 Å². The van der Waals surface area contributed by atoms with E-state index >= 15 is 0 Å². The Bertz CT molecular complexity index is 1020. The number of rotatable bonds is 2. The van der Waals surface area contributed by atoms with Crippen molar-refractivity contribution in [3.05, 3.63) is 46.8 Å². The van der Waals surface area contributed by atoms with Gasteiger partial charge < -0.3 is 20.1 Å². The number of carbonyl (C=O) groups is 1. The Hall–Kier alpha value is -2.61. The van der Waals surface area contributed by atoms with Gasteiger partial charge in [0.15, 0.2) is 0 Å². The van der Waals surface area contributed by atoms with E-state index in [1.807, 2.05) is 35.4 Å². The second-order valence-electron chi connectivity index (χ2n) is 7.34. The highest BCUT2D eigenvalue weighted by Gasteiger charge is 2.33. The van der Waals surface area contributed by atoms with Gasteiger partial charge in [-0.1, -0.05) is 22.0 Å². The number of urea groups is 1. The van der Waals surface area contributed by atoms with Crippen LogP contribution >= 0.6 is 15.9 Å². The zero-order chi connectivity index (χ0) is 19.8. The summed E-state index contributed by atoms with van der Waals surface area (Å²) < 4.78 is 0.936. The monoisotopic (exact) mass is 442 g/mol. The summed E-state index contributed by atoms with van der Waals surface area (Å²) in [5.41, 5.74) is 2.75. The van der Waals surface area contributed by atoms with E-state index in [-0.39, 0.29) is 18.1 Å². The minimum atomic E-state index is -0.0808. The summed E-state index contributed by atoms with van der Waals surface area (Å²) in [6.07, 6.45) is 3.55. The summed E-state index contributed by atoms with van der Waals surface area (Å²) in [5, 5.41) is 4.05. The molecule has 8 heteroatoms. The number of nitrogens with one attached hydrogen (secondary N) is 2. The maximum Gasteiger partial charge on any atom is 0.322 e. The van der Waals surface area contributed by atoms with Crippen molar-refractivity contribution in [2.45, 2.75) is 32.9 Å². The van der Waals surface area contributed by atoms with Crippen molar-refractivity contribution < 1.29 is 4.79 Å². The largest absolute Gasteiger partial charge is 0.349 e. The average Bonchev–Trinajstić information content (AvgIpc) is 3.04. The van der Waals surface area contributed by atoms with Crippen molar-refractivity contribution in [2.24, 2.45) is 0 Å². The van der Waals surface area contributed by atoms with Gasteiger partial charge in [-0.15, -0.1) is 0 Å². The van der Waals surface area contributed by atoms with Crippen LogP contribution in [-0.2, 0) is 0 Å². The van der Waals surface area contributed by atoms with Gasteiger partial charge in [-0.3, -0.25) is 0 Å². The van der Waals surface area contributed by atoms with E-state index in [2.05, 4.69) is 61.9 Å². The third kappa shape index (κ3) is 3.44. The molecule has 7 nitrogen and oxygen atoms in total. The topological polar surface area (TPSA) is 77.2 Å². The number of benzene rings is 1. The van der Waals surface area contributed by atoms with Crippen LogP contribution in [-0.4, -0.2) is 51.1 Å². The minimum absolute atomic E-state index is 0.0487. The Morgan fingerprint density at radius 2 is 2.07 bits per heavy atom. The van der Waals surface area contributed by atoms with Crippen LogP contribution < -0.4 is 10.2 Å². The van der Waals surface area contributed by atoms with E-state index in [1.165, 1.54) is 0 Å². The first-order valence-corrected chi connectivity index (χ1v) is 10.1. The van der Waals surface area contributed by atoms with Crippen LogP contribution in [0.15, 0.2) is 41.3 Å². The number of aromatic nitrogens is 3. The van der Waals surface area contributed by atoms with Gasteiger partial charge in [0.05, 0.1) is 5.39 Å². The fourth-order valence-electron chi connectivity index (χ4n) is 3.78. The molecule has 1 aliphatic rings. The normalized spacial score (nSPS) is 19.9. The van der Waals surface area contributed by atoms with E-state index in [1.54, 1.807) is 6.33 Å². The number of fused-ring (bicyclic) bond motifs is 1. The number of H-pyrrole nitrogens is 1. The molecule has 0 radical (unpaired) electrons. The molecule has 4 rings (SSSR count). The lowest BCUT2D eigenvalue weighted by Crippen LogP contribution is -2.59. The zero-order valence-electron chi connectivity index (χ0n) is 16.1. The van der Waals surface area contributed by atoms with E-state index in [0.29, 0.717) is 13.1 Å². The maximum atomic E-state index is 12.9. The molecule has 3 heterocycles. The molecular weight excluding hydrogens is 420 g/mol. The molecular formula is C20H23BrN6O. The quantitative estimate of drug-likeness (QED) is 0.624. The predicted molar refractivity (Wildman–Crippen MR) is 115 cm³/mol. The molecule has 1 saturated heterocycles. The number of halogens is 1. The molecule has 2 amide bonds. The Morgan fingerprint density at radius 1 is 1.25 bits per heavy atom. The molecule has 0 bridgehead atoms. The SMILES string of the molecule is Cc1c[nH]c2ncnc(N3CC(C)N(C(=O)Nc4cccc(Br)c4)CC3C)c12. The Balaban J connectivity index is 1.54. The lowest BCUT2D eigenvalue weighted by molar-refractivity contribution is 0.173. The van der Waals surface area contributed by atoms with Gasteiger partial charge in [-0.2, -0.15) is 0 Å². The average molecular weight is 443 g/mol. The fraction of sp³-hybridized carbons (Fsp3) is 0.350. The number of anilines is 2. The molecule has 0 saturated carbocycles. The molecule has 2 aromatic heterocycles. The number of carbonyl (C=O) groups excluding carboxylic acids is 1. The first-order valence-electron chi connectivity index (χ1n) is 9.32.